The number of hydrogen-bond acceptors (Lipinski definition) is 4. The van der Waals surface area contributed by atoms with E-state index in [-0.39, 0.29) is 11.2 Å². The first-order valence-electron chi connectivity index (χ1n) is 7.05. The Bertz CT molecular complexity index is 715. The molecule has 0 bridgehead atoms. The van der Waals surface area contributed by atoms with E-state index in [9.17, 15) is 9.90 Å². The van der Waals surface area contributed by atoms with Crippen molar-refractivity contribution in [2.45, 2.75) is 26.2 Å². The fraction of sp³-hybridized carbons (Fsp3) is 0.278. The molecule has 0 amide bonds. The van der Waals surface area contributed by atoms with Crippen molar-refractivity contribution in [2.24, 2.45) is 0 Å². The molecule has 116 valence electrons. The molecule has 2 aromatic carbocycles. The van der Waals surface area contributed by atoms with Crippen LogP contribution in [0, 0.1) is 0 Å². The van der Waals surface area contributed by atoms with Crippen LogP contribution in [0.4, 0.5) is 5.69 Å². The molecule has 0 radical (unpaired) electrons. The Hall–Kier alpha value is -2.49. The smallest absolute Gasteiger partial charge is 0.337 e. The lowest BCUT2D eigenvalue weighted by atomic mass is 9.84. The normalized spacial score (nSPS) is 11.3. The first-order chi connectivity index (χ1) is 10.2. The molecule has 2 aromatic rings. The summed E-state index contributed by atoms with van der Waals surface area (Å²) < 4.78 is 4.74. The number of methoxy groups -OCH3 is 1. The van der Waals surface area contributed by atoms with Gasteiger partial charge in [-0.1, -0.05) is 32.9 Å². The number of phenols is 1. The number of carbonyl (C=O) groups excluding carboxylic acids is 1. The fourth-order valence-corrected chi connectivity index (χ4v) is 2.39. The Labute approximate surface area is 130 Å². The Morgan fingerprint density at radius 1 is 1.18 bits per heavy atom. The molecule has 0 saturated carbocycles. The van der Waals surface area contributed by atoms with Crippen molar-refractivity contribution >= 4 is 11.7 Å². The summed E-state index contributed by atoms with van der Waals surface area (Å²) in [4.78, 5) is 11.7. The van der Waals surface area contributed by atoms with Gasteiger partial charge in [0, 0.05) is 17.3 Å². The lowest BCUT2D eigenvalue weighted by molar-refractivity contribution is 0.0601. The zero-order valence-corrected chi connectivity index (χ0v) is 13.3. The van der Waals surface area contributed by atoms with Gasteiger partial charge in [0.2, 0.25) is 0 Å². The van der Waals surface area contributed by atoms with Crippen LogP contribution >= 0.6 is 0 Å². The summed E-state index contributed by atoms with van der Waals surface area (Å²) in [6, 6.07) is 10.5. The van der Waals surface area contributed by atoms with Crippen LogP contribution in [-0.4, -0.2) is 18.2 Å². The first kappa shape index (κ1) is 15.9. The second-order valence-electron chi connectivity index (χ2n) is 6.28. The molecular formula is C18H21NO3. The van der Waals surface area contributed by atoms with Crippen molar-refractivity contribution in [1.82, 2.24) is 0 Å². The Balaban J connectivity index is 2.60. The third kappa shape index (κ3) is 3.06. The van der Waals surface area contributed by atoms with Crippen LogP contribution in [0.3, 0.4) is 0 Å². The number of anilines is 1. The van der Waals surface area contributed by atoms with Crippen LogP contribution in [-0.2, 0) is 10.2 Å². The highest BCUT2D eigenvalue weighted by atomic mass is 16.5. The summed E-state index contributed by atoms with van der Waals surface area (Å²) in [7, 11) is 1.35. The number of ether oxygens (including phenoxy) is 1. The number of carbonyl (C=O) groups is 1. The molecule has 0 fully saturated rings. The lowest BCUT2D eigenvalue weighted by Crippen LogP contribution is -2.12. The predicted octanol–water partition coefficient (Wildman–Crippen LogP) is 3.73. The van der Waals surface area contributed by atoms with Crippen LogP contribution in [0.15, 0.2) is 36.4 Å². The predicted molar refractivity (Wildman–Crippen MR) is 88.0 cm³/mol. The van der Waals surface area contributed by atoms with E-state index in [4.69, 9.17) is 10.5 Å². The molecule has 0 aliphatic heterocycles. The van der Waals surface area contributed by atoms with Gasteiger partial charge in [-0.05, 0) is 34.7 Å². The van der Waals surface area contributed by atoms with E-state index in [0.717, 1.165) is 16.7 Å². The minimum Gasteiger partial charge on any atom is -0.508 e. The summed E-state index contributed by atoms with van der Waals surface area (Å²) in [5.41, 5.74) is 9.16. The maximum atomic E-state index is 11.7. The van der Waals surface area contributed by atoms with Crippen molar-refractivity contribution in [1.29, 1.82) is 0 Å². The van der Waals surface area contributed by atoms with Gasteiger partial charge < -0.3 is 15.6 Å². The second kappa shape index (κ2) is 5.72. The third-order valence-corrected chi connectivity index (χ3v) is 3.57. The molecule has 4 heteroatoms. The molecule has 0 saturated heterocycles. The second-order valence-corrected chi connectivity index (χ2v) is 6.28. The summed E-state index contributed by atoms with van der Waals surface area (Å²) in [6.45, 7) is 6.06. The standard InChI is InChI=1S/C18H21NO3/c1-18(2,3)14-9-13(15(19)10-16(14)20)11-6-5-7-12(8-11)17(21)22-4/h5-10,20H,19H2,1-4H3. The SMILES string of the molecule is COC(=O)c1cccc(-c2cc(C(C)(C)C)c(O)cc2N)c1. The Kier molecular flexibility index (Phi) is 4.13. The molecule has 0 aliphatic rings. The van der Waals surface area contributed by atoms with Crippen LogP contribution in [0.25, 0.3) is 11.1 Å². The zero-order chi connectivity index (χ0) is 16.5. The molecule has 2 rings (SSSR count). The zero-order valence-electron chi connectivity index (χ0n) is 13.3. The molecule has 0 spiro atoms. The van der Waals surface area contributed by atoms with Gasteiger partial charge in [0.1, 0.15) is 5.75 Å². The highest BCUT2D eigenvalue weighted by Crippen LogP contribution is 2.38. The molecule has 3 N–H and O–H groups in total. The van der Waals surface area contributed by atoms with E-state index in [2.05, 4.69) is 0 Å². The minimum atomic E-state index is -0.393. The Morgan fingerprint density at radius 3 is 2.45 bits per heavy atom. The summed E-state index contributed by atoms with van der Waals surface area (Å²) >= 11 is 0. The van der Waals surface area contributed by atoms with Gasteiger partial charge in [0.15, 0.2) is 0 Å². The number of benzene rings is 2. The number of phenolic OH excluding ortho intramolecular Hbond substituents is 1. The molecule has 0 heterocycles. The van der Waals surface area contributed by atoms with Crippen LogP contribution < -0.4 is 5.73 Å². The molecule has 0 aromatic heterocycles. The van der Waals surface area contributed by atoms with E-state index in [1.165, 1.54) is 7.11 Å². The molecule has 0 atom stereocenters. The van der Waals surface area contributed by atoms with Crippen LogP contribution in [0.2, 0.25) is 0 Å². The van der Waals surface area contributed by atoms with Crippen molar-refractivity contribution in [2.75, 3.05) is 12.8 Å². The van der Waals surface area contributed by atoms with Gasteiger partial charge >= 0.3 is 5.97 Å². The van der Waals surface area contributed by atoms with Crippen molar-refractivity contribution in [3.05, 3.63) is 47.5 Å². The highest BCUT2D eigenvalue weighted by Gasteiger charge is 2.20. The lowest BCUT2D eigenvalue weighted by Gasteiger charge is -2.22. The van der Waals surface area contributed by atoms with Gasteiger partial charge in [-0.3, -0.25) is 0 Å². The third-order valence-electron chi connectivity index (χ3n) is 3.57. The maximum Gasteiger partial charge on any atom is 0.337 e. The molecule has 22 heavy (non-hydrogen) atoms. The van der Waals surface area contributed by atoms with E-state index in [1.54, 1.807) is 24.3 Å². The average Bonchev–Trinajstić information content (AvgIpc) is 2.45. The number of nitrogens with two attached hydrogens (primary N) is 1. The van der Waals surface area contributed by atoms with Crippen molar-refractivity contribution < 1.29 is 14.6 Å². The van der Waals surface area contributed by atoms with Gasteiger partial charge in [0.25, 0.3) is 0 Å². The molecule has 0 aliphatic carbocycles. The number of hydrogen-bond donors (Lipinski definition) is 2. The maximum absolute atomic E-state index is 11.7. The van der Waals surface area contributed by atoms with Crippen molar-refractivity contribution in [3.8, 4) is 16.9 Å². The first-order valence-corrected chi connectivity index (χ1v) is 7.05. The quantitative estimate of drug-likeness (QED) is 0.654. The summed E-state index contributed by atoms with van der Waals surface area (Å²) in [5, 5.41) is 10.1. The van der Waals surface area contributed by atoms with E-state index >= 15 is 0 Å². The monoisotopic (exact) mass is 299 g/mol. The largest absolute Gasteiger partial charge is 0.508 e. The van der Waals surface area contributed by atoms with E-state index < -0.39 is 5.97 Å². The number of nitrogen functional groups attached to an aromatic ring is 1. The molecule has 4 nitrogen and oxygen atoms in total. The van der Waals surface area contributed by atoms with Gasteiger partial charge in [-0.15, -0.1) is 0 Å². The summed E-state index contributed by atoms with van der Waals surface area (Å²) in [5.74, 6) is -0.215. The number of esters is 1. The topological polar surface area (TPSA) is 72.5 Å². The van der Waals surface area contributed by atoms with Crippen LogP contribution in [0.1, 0.15) is 36.7 Å². The average molecular weight is 299 g/mol. The minimum absolute atomic E-state index is 0.179. The van der Waals surface area contributed by atoms with Crippen molar-refractivity contribution in [3.63, 3.8) is 0 Å². The summed E-state index contributed by atoms with van der Waals surface area (Å²) in [6.07, 6.45) is 0. The van der Waals surface area contributed by atoms with E-state index in [1.807, 2.05) is 32.9 Å². The molecular weight excluding hydrogens is 278 g/mol. The fourth-order valence-electron chi connectivity index (χ4n) is 2.39. The number of aromatic hydroxyl groups is 1. The van der Waals surface area contributed by atoms with Gasteiger partial charge in [-0.2, -0.15) is 0 Å². The van der Waals surface area contributed by atoms with Crippen LogP contribution in [0.5, 0.6) is 5.75 Å². The Morgan fingerprint density at radius 2 is 1.86 bits per heavy atom. The van der Waals surface area contributed by atoms with Gasteiger partial charge in [-0.25, -0.2) is 4.79 Å². The van der Waals surface area contributed by atoms with E-state index in [0.29, 0.717) is 11.3 Å². The van der Waals surface area contributed by atoms with Gasteiger partial charge in [0.05, 0.1) is 12.7 Å². The highest BCUT2D eigenvalue weighted by molar-refractivity contribution is 5.92. The molecule has 0 unspecified atom stereocenters. The number of rotatable bonds is 2.